The standard InChI is InChI=1S/C17H18N4OS2/c1-12-4-2-6-15(19-12)21-17-20-13(11-24-17)10-16(22)18-8-7-14-5-3-9-23-14/h2-6,9,11H,7-8,10H2,1H3,(H,18,22)(H,19,20,21). The maximum absolute atomic E-state index is 12.0. The minimum Gasteiger partial charge on any atom is -0.355 e. The summed E-state index contributed by atoms with van der Waals surface area (Å²) >= 11 is 3.18. The molecule has 0 unspecified atom stereocenters. The van der Waals surface area contributed by atoms with Gasteiger partial charge in [0.25, 0.3) is 0 Å². The van der Waals surface area contributed by atoms with Crippen LogP contribution in [-0.2, 0) is 17.6 Å². The van der Waals surface area contributed by atoms with Crippen molar-refractivity contribution in [3.05, 3.63) is 57.4 Å². The van der Waals surface area contributed by atoms with Gasteiger partial charge in [0.1, 0.15) is 5.82 Å². The van der Waals surface area contributed by atoms with Crippen LogP contribution >= 0.6 is 22.7 Å². The first-order chi connectivity index (χ1) is 11.7. The van der Waals surface area contributed by atoms with E-state index in [0.717, 1.165) is 28.8 Å². The second-order valence-corrected chi connectivity index (χ2v) is 7.18. The van der Waals surface area contributed by atoms with E-state index in [1.807, 2.05) is 41.9 Å². The summed E-state index contributed by atoms with van der Waals surface area (Å²) in [6, 6.07) is 9.88. The smallest absolute Gasteiger partial charge is 0.226 e. The molecule has 1 amide bonds. The maximum Gasteiger partial charge on any atom is 0.226 e. The average molecular weight is 358 g/mol. The number of hydrogen-bond acceptors (Lipinski definition) is 6. The van der Waals surface area contributed by atoms with Crippen LogP contribution < -0.4 is 10.6 Å². The Hall–Kier alpha value is -2.25. The highest BCUT2D eigenvalue weighted by molar-refractivity contribution is 7.13. The third-order valence-corrected chi connectivity index (χ3v) is 5.03. The van der Waals surface area contributed by atoms with Crippen LogP contribution in [0.1, 0.15) is 16.3 Å². The zero-order valence-electron chi connectivity index (χ0n) is 13.3. The molecule has 0 aliphatic heterocycles. The Morgan fingerprint density at radius 3 is 2.88 bits per heavy atom. The molecule has 24 heavy (non-hydrogen) atoms. The van der Waals surface area contributed by atoms with Gasteiger partial charge in [0.05, 0.1) is 12.1 Å². The lowest BCUT2D eigenvalue weighted by Gasteiger charge is -2.03. The van der Waals surface area contributed by atoms with E-state index in [0.29, 0.717) is 13.0 Å². The van der Waals surface area contributed by atoms with Gasteiger partial charge < -0.3 is 10.6 Å². The highest BCUT2D eigenvalue weighted by atomic mass is 32.1. The molecule has 0 aromatic carbocycles. The summed E-state index contributed by atoms with van der Waals surface area (Å²) in [5.41, 5.74) is 1.71. The van der Waals surface area contributed by atoms with Crippen molar-refractivity contribution in [1.29, 1.82) is 0 Å². The van der Waals surface area contributed by atoms with Gasteiger partial charge in [-0.05, 0) is 36.9 Å². The molecule has 0 aliphatic rings. The number of rotatable bonds is 7. The van der Waals surface area contributed by atoms with Gasteiger partial charge in [-0.2, -0.15) is 0 Å². The third-order valence-electron chi connectivity index (χ3n) is 3.29. The summed E-state index contributed by atoms with van der Waals surface area (Å²) < 4.78 is 0. The fourth-order valence-electron chi connectivity index (χ4n) is 2.17. The number of carbonyl (C=O) groups excluding carboxylic acids is 1. The van der Waals surface area contributed by atoms with E-state index < -0.39 is 0 Å². The van der Waals surface area contributed by atoms with E-state index in [1.165, 1.54) is 16.2 Å². The van der Waals surface area contributed by atoms with Crippen molar-refractivity contribution in [3.63, 3.8) is 0 Å². The molecule has 0 fully saturated rings. The molecule has 7 heteroatoms. The number of aromatic nitrogens is 2. The van der Waals surface area contributed by atoms with Gasteiger partial charge in [-0.1, -0.05) is 12.1 Å². The Morgan fingerprint density at radius 1 is 1.17 bits per heavy atom. The van der Waals surface area contributed by atoms with Crippen LogP contribution in [0.3, 0.4) is 0 Å². The molecule has 0 spiro atoms. The monoisotopic (exact) mass is 358 g/mol. The number of thiophene rings is 1. The Morgan fingerprint density at radius 2 is 2.08 bits per heavy atom. The average Bonchev–Trinajstić information content (AvgIpc) is 3.20. The SMILES string of the molecule is Cc1cccc(Nc2nc(CC(=O)NCCc3cccs3)cs2)n1. The van der Waals surface area contributed by atoms with Crippen molar-refractivity contribution in [2.45, 2.75) is 19.8 Å². The van der Waals surface area contributed by atoms with E-state index in [2.05, 4.69) is 26.7 Å². The van der Waals surface area contributed by atoms with Gasteiger partial charge in [-0.25, -0.2) is 9.97 Å². The lowest BCUT2D eigenvalue weighted by atomic mass is 10.3. The summed E-state index contributed by atoms with van der Waals surface area (Å²) in [5.74, 6) is 0.758. The molecule has 0 bridgehead atoms. The topological polar surface area (TPSA) is 66.9 Å². The second kappa shape index (κ2) is 8.03. The summed E-state index contributed by atoms with van der Waals surface area (Å²) in [7, 11) is 0. The van der Waals surface area contributed by atoms with Crippen LogP contribution in [-0.4, -0.2) is 22.4 Å². The molecule has 0 atom stereocenters. The van der Waals surface area contributed by atoms with E-state index in [4.69, 9.17) is 0 Å². The molecule has 5 nitrogen and oxygen atoms in total. The minimum atomic E-state index is -0.00270. The van der Waals surface area contributed by atoms with Gasteiger partial charge in [0, 0.05) is 22.5 Å². The zero-order chi connectivity index (χ0) is 16.8. The van der Waals surface area contributed by atoms with Crippen LogP contribution in [0.2, 0.25) is 0 Å². The molecule has 3 aromatic heterocycles. The van der Waals surface area contributed by atoms with Gasteiger partial charge in [0.15, 0.2) is 5.13 Å². The van der Waals surface area contributed by atoms with E-state index >= 15 is 0 Å². The number of pyridine rings is 1. The molecular formula is C17H18N4OS2. The molecule has 0 saturated carbocycles. The van der Waals surface area contributed by atoms with Crippen molar-refractivity contribution in [2.24, 2.45) is 0 Å². The summed E-state index contributed by atoms with van der Waals surface area (Å²) in [4.78, 5) is 22.1. The first-order valence-corrected chi connectivity index (χ1v) is 9.39. The van der Waals surface area contributed by atoms with Crippen molar-refractivity contribution in [1.82, 2.24) is 15.3 Å². The zero-order valence-corrected chi connectivity index (χ0v) is 14.9. The number of aryl methyl sites for hydroxylation is 1. The van der Waals surface area contributed by atoms with Gasteiger partial charge >= 0.3 is 0 Å². The molecule has 3 rings (SSSR count). The molecule has 0 saturated heterocycles. The Labute approximate surface area is 148 Å². The van der Waals surface area contributed by atoms with Crippen molar-refractivity contribution >= 4 is 39.5 Å². The quantitative estimate of drug-likeness (QED) is 0.678. The fraction of sp³-hybridized carbons (Fsp3) is 0.235. The number of carbonyl (C=O) groups is 1. The molecule has 0 aliphatic carbocycles. The summed E-state index contributed by atoms with van der Waals surface area (Å²) in [6.07, 6.45) is 1.16. The Balaban J connectivity index is 1.47. The summed E-state index contributed by atoms with van der Waals surface area (Å²) in [5, 5.41) is 10.8. The lowest BCUT2D eigenvalue weighted by Crippen LogP contribution is -2.27. The van der Waals surface area contributed by atoms with E-state index in [9.17, 15) is 4.79 Å². The summed E-state index contributed by atoms with van der Waals surface area (Å²) in [6.45, 7) is 2.60. The Bertz CT molecular complexity index is 799. The van der Waals surface area contributed by atoms with Crippen LogP contribution in [0.15, 0.2) is 41.1 Å². The Kier molecular flexibility index (Phi) is 5.55. The number of amides is 1. The van der Waals surface area contributed by atoms with E-state index in [-0.39, 0.29) is 5.91 Å². The van der Waals surface area contributed by atoms with Crippen molar-refractivity contribution < 1.29 is 4.79 Å². The van der Waals surface area contributed by atoms with Crippen LogP contribution in [0.4, 0.5) is 10.9 Å². The molecule has 3 aromatic rings. The third kappa shape index (κ3) is 4.87. The first-order valence-electron chi connectivity index (χ1n) is 7.63. The molecule has 0 radical (unpaired) electrons. The predicted molar refractivity (Wildman–Crippen MR) is 99.1 cm³/mol. The number of thiazole rings is 1. The molecule has 124 valence electrons. The second-order valence-electron chi connectivity index (χ2n) is 5.29. The minimum absolute atomic E-state index is 0.00270. The van der Waals surface area contributed by atoms with Gasteiger partial charge in [-0.3, -0.25) is 4.79 Å². The van der Waals surface area contributed by atoms with E-state index in [1.54, 1.807) is 11.3 Å². The molecule has 3 heterocycles. The van der Waals surface area contributed by atoms with Crippen molar-refractivity contribution in [2.75, 3.05) is 11.9 Å². The van der Waals surface area contributed by atoms with Crippen LogP contribution in [0, 0.1) is 6.92 Å². The predicted octanol–water partition coefficient (Wildman–Crippen LogP) is 3.55. The first kappa shape index (κ1) is 16.6. The molecular weight excluding hydrogens is 340 g/mol. The highest BCUT2D eigenvalue weighted by Crippen LogP contribution is 2.20. The largest absolute Gasteiger partial charge is 0.355 e. The highest BCUT2D eigenvalue weighted by Gasteiger charge is 2.08. The number of nitrogens with zero attached hydrogens (tertiary/aromatic N) is 2. The maximum atomic E-state index is 12.0. The number of nitrogens with one attached hydrogen (secondary N) is 2. The number of hydrogen-bond donors (Lipinski definition) is 2. The normalized spacial score (nSPS) is 10.5. The number of anilines is 2. The van der Waals surface area contributed by atoms with Crippen LogP contribution in [0.5, 0.6) is 0 Å². The molecule has 2 N–H and O–H groups in total. The van der Waals surface area contributed by atoms with Crippen LogP contribution in [0.25, 0.3) is 0 Å². The van der Waals surface area contributed by atoms with Gasteiger partial charge in [0.2, 0.25) is 5.91 Å². The lowest BCUT2D eigenvalue weighted by molar-refractivity contribution is -0.120. The fourth-order valence-corrected chi connectivity index (χ4v) is 3.60. The van der Waals surface area contributed by atoms with Crippen molar-refractivity contribution in [3.8, 4) is 0 Å². The van der Waals surface area contributed by atoms with Gasteiger partial charge in [-0.15, -0.1) is 22.7 Å².